The lowest BCUT2D eigenvalue weighted by molar-refractivity contribution is 0.0792. The van der Waals surface area contributed by atoms with E-state index in [1.165, 1.54) is 16.2 Å². The Morgan fingerprint density at radius 1 is 1.17 bits per heavy atom. The minimum Gasteiger partial charge on any atom is -0.465 e. The van der Waals surface area contributed by atoms with Gasteiger partial charge in [-0.2, -0.15) is 0 Å². The van der Waals surface area contributed by atoms with Crippen molar-refractivity contribution in [1.29, 1.82) is 0 Å². The molecular weight excluding hydrogens is 492 g/mol. The molecule has 0 saturated carbocycles. The van der Waals surface area contributed by atoms with Crippen LogP contribution in [0.25, 0.3) is 10.9 Å². The summed E-state index contributed by atoms with van der Waals surface area (Å²) in [4.78, 5) is 49.8. The molecule has 2 aliphatic heterocycles. The highest BCUT2D eigenvalue weighted by Crippen LogP contribution is 2.25. The Bertz CT molecular complexity index is 1310. The molecule has 35 heavy (non-hydrogen) atoms. The van der Waals surface area contributed by atoms with Gasteiger partial charge in [-0.1, -0.05) is 11.6 Å². The minimum absolute atomic E-state index is 0.0667. The summed E-state index contributed by atoms with van der Waals surface area (Å²) in [6, 6.07) is 5.92. The van der Waals surface area contributed by atoms with Gasteiger partial charge >= 0.3 is 6.09 Å². The number of fused-ring (bicyclic) bond motifs is 2. The zero-order valence-electron chi connectivity index (χ0n) is 19.0. The molecule has 1 aromatic carbocycles. The predicted molar refractivity (Wildman–Crippen MR) is 132 cm³/mol. The van der Waals surface area contributed by atoms with E-state index >= 15 is 0 Å². The summed E-state index contributed by atoms with van der Waals surface area (Å²) in [5, 5.41) is 17.1. The van der Waals surface area contributed by atoms with Crippen LogP contribution in [-0.2, 0) is 13.0 Å². The second-order valence-corrected chi connectivity index (χ2v) is 10.5. The number of likely N-dealkylation sites (tertiary alicyclic amines) is 1. The fourth-order valence-corrected chi connectivity index (χ4v) is 5.84. The number of carbonyl (C=O) groups excluding carboxylic acids is 2. The Labute approximate surface area is 210 Å². The first-order valence-electron chi connectivity index (χ1n) is 11.3. The molecule has 0 spiro atoms. The molecule has 2 unspecified atom stereocenters. The smallest absolute Gasteiger partial charge is 0.407 e. The van der Waals surface area contributed by atoms with Gasteiger partial charge in [0, 0.05) is 53.4 Å². The quantitative estimate of drug-likeness (QED) is 0.421. The Morgan fingerprint density at radius 2 is 1.97 bits per heavy atom. The molecule has 0 aliphatic carbocycles. The van der Waals surface area contributed by atoms with E-state index in [2.05, 4.69) is 25.5 Å². The van der Waals surface area contributed by atoms with Crippen LogP contribution in [0.4, 0.5) is 4.79 Å². The maximum atomic E-state index is 13.0. The number of likely N-dealkylation sites (N-methyl/N-ethyl adjacent to an activating group) is 1. The molecule has 1 fully saturated rings. The van der Waals surface area contributed by atoms with Crippen LogP contribution in [-0.4, -0.2) is 81.5 Å². The number of nitrogens with zero attached hydrogens (tertiary/aromatic N) is 3. The lowest BCUT2D eigenvalue weighted by Gasteiger charge is -2.37. The van der Waals surface area contributed by atoms with E-state index in [4.69, 9.17) is 11.6 Å². The van der Waals surface area contributed by atoms with E-state index in [1.807, 2.05) is 7.05 Å². The zero-order valence-corrected chi connectivity index (χ0v) is 20.6. The van der Waals surface area contributed by atoms with Crippen LogP contribution < -0.4 is 10.6 Å². The highest BCUT2D eigenvalue weighted by molar-refractivity contribution is 7.13. The summed E-state index contributed by atoms with van der Waals surface area (Å²) in [5.41, 5.74) is 2.05. The maximum Gasteiger partial charge on any atom is 0.407 e. The number of benzene rings is 1. The van der Waals surface area contributed by atoms with Gasteiger partial charge in [0.25, 0.3) is 11.8 Å². The van der Waals surface area contributed by atoms with Crippen molar-refractivity contribution in [3.8, 4) is 0 Å². The van der Waals surface area contributed by atoms with E-state index in [1.54, 1.807) is 24.3 Å². The van der Waals surface area contributed by atoms with Crippen molar-refractivity contribution in [1.82, 2.24) is 30.4 Å². The average molecular weight is 517 g/mol. The standard InChI is InChI=1S/C23H25ClN6O4S/c1-29-6-4-16-19(11-29)35-22(28-16)21(32)26-15-5-7-30(23(33)34)10-18(15)27-20(31)17-9-12-8-13(24)2-3-14(12)25-17/h2-3,8-9,15,18,25H,4-7,10-11H2,1H3,(H,26,32)(H,27,31)(H,33,34). The van der Waals surface area contributed by atoms with Crippen LogP contribution in [0.15, 0.2) is 24.3 Å². The summed E-state index contributed by atoms with van der Waals surface area (Å²) in [5.74, 6) is -0.693. The van der Waals surface area contributed by atoms with E-state index < -0.39 is 18.2 Å². The third-order valence-corrected chi connectivity index (χ3v) is 7.78. The molecule has 2 atom stereocenters. The Kier molecular flexibility index (Phi) is 6.39. The predicted octanol–water partition coefficient (Wildman–Crippen LogP) is 2.55. The third-order valence-electron chi connectivity index (χ3n) is 6.46. The summed E-state index contributed by atoms with van der Waals surface area (Å²) < 4.78 is 0. The molecule has 4 N–H and O–H groups in total. The fourth-order valence-electron chi connectivity index (χ4n) is 4.57. The second-order valence-electron chi connectivity index (χ2n) is 8.97. The summed E-state index contributed by atoms with van der Waals surface area (Å²) >= 11 is 7.43. The van der Waals surface area contributed by atoms with E-state index in [-0.39, 0.29) is 24.9 Å². The number of hydrogen-bond donors (Lipinski definition) is 4. The number of piperidine rings is 1. The molecular formula is C23H25ClN6O4S. The average Bonchev–Trinajstić information content (AvgIpc) is 3.43. The van der Waals surface area contributed by atoms with Crippen molar-refractivity contribution < 1.29 is 19.5 Å². The maximum absolute atomic E-state index is 13.0. The molecule has 0 bridgehead atoms. The largest absolute Gasteiger partial charge is 0.465 e. The van der Waals surface area contributed by atoms with Crippen LogP contribution in [0.5, 0.6) is 0 Å². The van der Waals surface area contributed by atoms with Gasteiger partial charge in [0.05, 0.1) is 17.8 Å². The van der Waals surface area contributed by atoms with Gasteiger partial charge in [-0.15, -0.1) is 11.3 Å². The Balaban J connectivity index is 1.32. The topological polar surface area (TPSA) is 131 Å². The molecule has 2 aliphatic rings. The summed E-state index contributed by atoms with van der Waals surface area (Å²) in [7, 11) is 2.04. The number of halogens is 1. The Hall–Kier alpha value is -3.15. The van der Waals surface area contributed by atoms with E-state index in [9.17, 15) is 19.5 Å². The van der Waals surface area contributed by atoms with Crippen molar-refractivity contribution in [2.45, 2.75) is 31.5 Å². The number of rotatable bonds is 4. The van der Waals surface area contributed by atoms with Crippen molar-refractivity contribution in [3.63, 3.8) is 0 Å². The second kappa shape index (κ2) is 9.48. The molecule has 3 aromatic rings. The first-order chi connectivity index (χ1) is 16.8. The third kappa shape index (κ3) is 4.97. The van der Waals surface area contributed by atoms with Crippen LogP contribution in [0.3, 0.4) is 0 Å². The van der Waals surface area contributed by atoms with Crippen molar-refractivity contribution >= 4 is 51.7 Å². The number of carbonyl (C=O) groups is 3. The monoisotopic (exact) mass is 516 g/mol. The zero-order chi connectivity index (χ0) is 24.7. The lowest BCUT2D eigenvalue weighted by atomic mass is 9.99. The van der Waals surface area contributed by atoms with Gasteiger partial charge < -0.3 is 30.5 Å². The molecule has 3 amide bonds. The van der Waals surface area contributed by atoms with E-state index in [0.29, 0.717) is 22.1 Å². The number of amides is 3. The normalized spacial score (nSPS) is 20.5. The Morgan fingerprint density at radius 3 is 2.77 bits per heavy atom. The molecule has 4 heterocycles. The number of aromatic nitrogens is 2. The highest BCUT2D eigenvalue weighted by Gasteiger charge is 2.35. The lowest BCUT2D eigenvalue weighted by Crippen LogP contribution is -2.61. The van der Waals surface area contributed by atoms with Gasteiger partial charge in [0.2, 0.25) is 0 Å². The molecule has 2 aromatic heterocycles. The first kappa shape index (κ1) is 23.6. The number of H-pyrrole nitrogens is 1. The molecule has 12 heteroatoms. The molecule has 10 nitrogen and oxygen atoms in total. The van der Waals surface area contributed by atoms with Crippen LogP contribution >= 0.6 is 22.9 Å². The van der Waals surface area contributed by atoms with Crippen LogP contribution in [0.2, 0.25) is 5.02 Å². The first-order valence-corrected chi connectivity index (χ1v) is 12.5. The number of thiazole rings is 1. The molecule has 1 saturated heterocycles. The van der Waals surface area contributed by atoms with Crippen molar-refractivity contribution in [3.05, 3.63) is 50.6 Å². The fraction of sp³-hybridized carbons (Fsp3) is 0.391. The van der Waals surface area contributed by atoms with E-state index in [0.717, 1.165) is 41.0 Å². The minimum atomic E-state index is -1.06. The number of aromatic amines is 1. The molecule has 5 rings (SSSR count). The van der Waals surface area contributed by atoms with Gasteiger partial charge in [-0.05, 0) is 37.7 Å². The molecule has 184 valence electrons. The number of nitrogens with one attached hydrogen (secondary N) is 3. The van der Waals surface area contributed by atoms with Gasteiger partial charge in [-0.25, -0.2) is 9.78 Å². The number of carboxylic acid groups (broad SMARTS) is 1. The van der Waals surface area contributed by atoms with Crippen LogP contribution in [0, 0.1) is 0 Å². The SMILES string of the molecule is CN1CCc2nc(C(=O)NC3CCN(C(=O)O)CC3NC(=O)c3cc4cc(Cl)ccc4[nH]3)sc2C1. The van der Waals surface area contributed by atoms with Gasteiger partial charge in [0.1, 0.15) is 5.69 Å². The summed E-state index contributed by atoms with van der Waals surface area (Å²) in [6.07, 6.45) is 0.117. The van der Waals surface area contributed by atoms with Gasteiger partial charge in [-0.3, -0.25) is 9.59 Å². The van der Waals surface area contributed by atoms with Crippen molar-refractivity contribution in [2.24, 2.45) is 0 Å². The van der Waals surface area contributed by atoms with Crippen LogP contribution in [0.1, 0.15) is 37.3 Å². The summed E-state index contributed by atoms with van der Waals surface area (Å²) in [6.45, 7) is 2.00. The van der Waals surface area contributed by atoms with Gasteiger partial charge in [0.15, 0.2) is 5.01 Å². The molecule has 0 radical (unpaired) electrons. The van der Waals surface area contributed by atoms with Crippen molar-refractivity contribution in [2.75, 3.05) is 26.7 Å². The number of hydrogen-bond acceptors (Lipinski definition) is 6. The highest BCUT2D eigenvalue weighted by atomic mass is 35.5.